The minimum Gasteiger partial charge on any atom is -0.0730 e. The summed E-state index contributed by atoms with van der Waals surface area (Å²) in [6.07, 6.45) is 27.4. The highest BCUT2D eigenvalue weighted by molar-refractivity contribution is 5.39. The Hall–Kier alpha value is -1.48. The van der Waals surface area contributed by atoms with Gasteiger partial charge in [-0.3, -0.25) is 0 Å². The molecule has 3 aliphatic rings. The highest BCUT2D eigenvalue weighted by Crippen LogP contribution is 2.41. The lowest BCUT2D eigenvalue weighted by Crippen LogP contribution is -2.24. The van der Waals surface area contributed by atoms with Crippen molar-refractivity contribution in [2.24, 2.45) is 29.6 Å². The van der Waals surface area contributed by atoms with E-state index in [1.165, 1.54) is 108 Å². The average Bonchev–Trinajstić information content (AvgIpc) is 2.88. The van der Waals surface area contributed by atoms with Crippen LogP contribution in [0.2, 0.25) is 0 Å². The van der Waals surface area contributed by atoms with Gasteiger partial charge in [-0.1, -0.05) is 82.4 Å². The monoisotopic (exact) mass is 458 g/mol. The van der Waals surface area contributed by atoms with Crippen LogP contribution in [0.15, 0.2) is 36.4 Å². The van der Waals surface area contributed by atoms with Crippen molar-refractivity contribution in [3.63, 3.8) is 0 Å². The Morgan fingerprint density at radius 1 is 0.765 bits per heavy atom. The Morgan fingerprint density at radius 3 is 2.06 bits per heavy atom. The molecular formula is C34H50. The fraction of sp³-hybridized carbons (Fsp3) is 0.706. The fourth-order valence-electron chi connectivity index (χ4n) is 7.18. The molecule has 1 aromatic rings. The first-order chi connectivity index (χ1) is 16.7. The first-order valence-electron chi connectivity index (χ1n) is 15.0. The van der Waals surface area contributed by atoms with Crippen molar-refractivity contribution >= 4 is 0 Å². The predicted molar refractivity (Wildman–Crippen MR) is 148 cm³/mol. The quantitative estimate of drug-likeness (QED) is 0.281. The third-order valence-electron chi connectivity index (χ3n) is 9.66. The van der Waals surface area contributed by atoms with Gasteiger partial charge in [-0.15, -0.1) is 0 Å². The van der Waals surface area contributed by atoms with Gasteiger partial charge >= 0.3 is 0 Å². The van der Waals surface area contributed by atoms with E-state index in [-0.39, 0.29) is 0 Å². The molecule has 3 saturated carbocycles. The molecule has 0 heterocycles. The molecular weight excluding hydrogens is 408 g/mol. The zero-order valence-electron chi connectivity index (χ0n) is 22.2. The number of hydrogen-bond donors (Lipinski definition) is 0. The molecule has 34 heavy (non-hydrogen) atoms. The molecule has 0 saturated heterocycles. The highest BCUT2D eigenvalue weighted by atomic mass is 14.3. The normalized spacial score (nSPS) is 32.3. The summed E-state index contributed by atoms with van der Waals surface area (Å²) in [6, 6.07) is 9.20. The van der Waals surface area contributed by atoms with Crippen molar-refractivity contribution in [1.82, 2.24) is 0 Å². The van der Waals surface area contributed by atoms with Gasteiger partial charge in [0.2, 0.25) is 0 Å². The molecule has 0 radical (unpaired) electrons. The van der Waals surface area contributed by atoms with E-state index >= 15 is 0 Å². The largest absolute Gasteiger partial charge is 0.0730 e. The van der Waals surface area contributed by atoms with E-state index in [9.17, 15) is 0 Å². The standard InChI is InChI=1S/C34H50/c1-3-4-5-8-28-13-23-33(24-14-28)34-25-17-30(18-26-34)10-7-6-9-29-15-21-32(22-16-29)31-19-11-27(2)12-20-31/h6,9,17-18,25-29,31-33H,3-5,8,11-16,19-24H2,1-2H3/b9-6+. The van der Waals surface area contributed by atoms with E-state index in [2.05, 4.69) is 62.1 Å². The van der Waals surface area contributed by atoms with Crippen LogP contribution < -0.4 is 0 Å². The molecule has 186 valence electrons. The molecule has 0 amide bonds. The Bertz CT molecular complexity index is 779. The van der Waals surface area contributed by atoms with Crippen LogP contribution in [-0.2, 0) is 0 Å². The van der Waals surface area contributed by atoms with Crippen LogP contribution in [-0.4, -0.2) is 0 Å². The third kappa shape index (κ3) is 7.77. The van der Waals surface area contributed by atoms with E-state index in [4.69, 9.17) is 0 Å². The van der Waals surface area contributed by atoms with Crippen molar-refractivity contribution in [1.29, 1.82) is 0 Å². The summed E-state index contributed by atoms with van der Waals surface area (Å²) in [6.45, 7) is 4.75. The van der Waals surface area contributed by atoms with Crippen LogP contribution in [0.4, 0.5) is 0 Å². The summed E-state index contributed by atoms with van der Waals surface area (Å²) < 4.78 is 0. The van der Waals surface area contributed by atoms with Crippen LogP contribution in [0.25, 0.3) is 0 Å². The number of benzene rings is 1. The van der Waals surface area contributed by atoms with Gasteiger partial charge in [0.25, 0.3) is 0 Å². The zero-order valence-corrected chi connectivity index (χ0v) is 22.2. The van der Waals surface area contributed by atoms with Gasteiger partial charge in [-0.2, -0.15) is 0 Å². The summed E-state index contributed by atoms with van der Waals surface area (Å²) in [4.78, 5) is 0. The van der Waals surface area contributed by atoms with Crippen LogP contribution in [0.1, 0.15) is 134 Å². The van der Waals surface area contributed by atoms with Crippen molar-refractivity contribution in [2.45, 2.75) is 122 Å². The van der Waals surface area contributed by atoms with E-state index < -0.39 is 0 Å². The highest BCUT2D eigenvalue weighted by Gasteiger charge is 2.29. The minimum absolute atomic E-state index is 0.757. The van der Waals surface area contributed by atoms with Gasteiger partial charge in [-0.05, 0) is 123 Å². The van der Waals surface area contributed by atoms with Gasteiger partial charge in [0.15, 0.2) is 0 Å². The molecule has 0 spiro atoms. The van der Waals surface area contributed by atoms with Gasteiger partial charge in [0.05, 0.1) is 0 Å². The van der Waals surface area contributed by atoms with Crippen LogP contribution in [0, 0.1) is 41.4 Å². The molecule has 3 fully saturated rings. The lowest BCUT2D eigenvalue weighted by atomic mass is 9.69. The SMILES string of the molecule is CCCCCC1CCC(c2ccc(C#C/C=C/C3CCC(C4CCC(C)CC4)CC3)cc2)CC1. The first-order valence-corrected chi connectivity index (χ1v) is 15.0. The summed E-state index contributed by atoms with van der Waals surface area (Å²) >= 11 is 0. The second-order valence-electron chi connectivity index (χ2n) is 12.2. The van der Waals surface area contributed by atoms with Crippen molar-refractivity contribution in [3.8, 4) is 11.8 Å². The Morgan fingerprint density at radius 2 is 1.41 bits per heavy atom. The summed E-state index contributed by atoms with van der Waals surface area (Å²) in [7, 11) is 0. The second-order valence-corrected chi connectivity index (χ2v) is 12.2. The lowest BCUT2D eigenvalue weighted by molar-refractivity contribution is 0.160. The number of allylic oxidation sites excluding steroid dienone is 2. The maximum Gasteiger partial charge on any atom is 0.0249 e. The molecule has 0 bridgehead atoms. The van der Waals surface area contributed by atoms with Gasteiger partial charge in [0.1, 0.15) is 0 Å². The van der Waals surface area contributed by atoms with Gasteiger partial charge < -0.3 is 0 Å². The molecule has 4 rings (SSSR count). The molecule has 0 unspecified atom stereocenters. The second kappa shape index (κ2) is 13.6. The van der Waals surface area contributed by atoms with Crippen LogP contribution >= 0.6 is 0 Å². The molecule has 1 aromatic carbocycles. The summed E-state index contributed by atoms with van der Waals surface area (Å²) in [5, 5.41) is 0. The zero-order chi connectivity index (χ0) is 23.6. The molecule has 0 atom stereocenters. The van der Waals surface area contributed by atoms with E-state index in [0.29, 0.717) is 0 Å². The van der Waals surface area contributed by atoms with Gasteiger partial charge in [-0.25, -0.2) is 0 Å². The molecule has 3 aliphatic carbocycles. The minimum atomic E-state index is 0.757. The van der Waals surface area contributed by atoms with E-state index in [1.54, 1.807) is 0 Å². The predicted octanol–water partition coefficient (Wildman–Crippen LogP) is 10.1. The summed E-state index contributed by atoms with van der Waals surface area (Å²) in [5.41, 5.74) is 2.70. The van der Waals surface area contributed by atoms with Crippen molar-refractivity contribution in [2.75, 3.05) is 0 Å². The average molecular weight is 459 g/mol. The third-order valence-corrected chi connectivity index (χ3v) is 9.66. The molecule has 0 heteroatoms. The number of rotatable bonds is 7. The van der Waals surface area contributed by atoms with Crippen LogP contribution in [0.3, 0.4) is 0 Å². The first kappa shape index (κ1) is 25.6. The molecule has 0 nitrogen and oxygen atoms in total. The maximum atomic E-state index is 3.38. The number of unbranched alkanes of at least 4 members (excludes halogenated alkanes) is 2. The van der Waals surface area contributed by atoms with Gasteiger partial charge in [0, 0.05) is 5.56 Å². The maximum absolute atomic E-state index is 3.38. The van der Waals surface area contributed by atoms with Crippen LogP contribution in [0.5, 0.6) is 0 Å². The number of hydrogen-bond acceptors (Lipinski definition) is 0. The topological polar surface area (TPSA) is 0 Å². The molecule has 0 aromatic heterocycles. The smallest absolute Gasteiger partial charge is 0.0249 e. The van der Waals surface area contributed by atoms with Crippen molar-refractivity contribution in [3.05, 3.63) is 47.5 Å². The van der Waals surface area contributed by atoms with E-state index in [1.807, 2.05) is 0 Å². The Balaban J connectivity index is 1.17. The molecule has 0 N–H and O–H groups in total. The Kier molecular flexibility index (Phi) is 10.2. The van der Waals surface area contributed by atoms with Crippen molar-refractivity contribution < 1.29 is 0 Å². The van der Waals surface area contributed by atoms with E-state index in [0.717, 1.165) is 41.1 Å². The summed E-state index contributed by atoms with van der Waals surface area (Å²) in [5.74, 6) is 12.2. The fourth-order valence-corrected chi connectivity index (χ4v) is 7.18. The molecule has 0 aliphatic heterocycles. The lowest BCUT2D eigenvalue weighted by Gasteiger charge is -2.36. The Labute approximate surface area is 211 Å².